The lowest BCUT2D eigenvalue weighted by Crippen LogP contribution is -3.00. The van der Waals surface area contributed by atoms with Gasteiger partial charge in [-0.25, -0.2) is 4.99 Å². The van der Waals surface area contributed by atoms with Crippen LogP contribution in [0.25, 0.3) is 10.8 Å². The van der Waals surface area contributed by atoms with Crippen LogP contribution in [0.4, 0.5) is 11.4 Å². The molecular weight excluding hydrogens is 232 g/mol. The second kappa shape index (κ2) is 4.38. The van der Waals surface area contributed by atoms with Gasteiger partial charge >= 0.3 is 0 Å². The molecule has 0 saturated carbocycles. The number of halogens is 1. The molecule has 1 aliphatic rings. The molecule has 0 saturated heterocycles. The van der Waals surface area contributed by atoms with Gasteiger partial charge in [0.2, 0.25) is 0 Å². The van der Waals surface area contributed by atoms with E-state index in [0.717, 1.165) is 11.5 Å². The van der Waals surface area contributed by atoms with Crippen LogP contribution >= 0.6 is 0 Å². The monoisotopic (exact) mass is 245 g/mol. The predicted octanol–water partition coefficient (Wildman–Crippen LogP) is 0.955. The summed E-state index contributed by atoms with van der Waals surface area (Å²) in [5.74, 6) is 1.47. The van der Waals surface area contributed by atoms with E-state index in [2.05, 4.69) is 60.6 Å². The zero-order chi connectivity index (χ0) is 11.1. The quantitative estimate of drug-likeness (QED) is 0.795. The lowest BCUT2D eigenvalue weighted by Gasteiger charge is -2.20. The number of aliphatic imine (C=N–C) groups is 1. The molecule has 0 bridgehead atoms. The lowest BCUT2D eigenvalue weighted by atomic mass is 10.0. The predicted molar refractivity (Wildman–Crippen MR) is 69.5 cm³/mol. The first-order valence-electron chi connectivity index (χ1n) is 5.63. The highest BCUT2D eigenvalue weighted by molar-refractivity contribution is 6.13. The van der Waals surface area contributed by atoms with E-state index in [-0.39, 0.29) is 12.4 Å². The largest absolute Gasteiger partial charge is 1.00 e. The number of hydrogen-bond donors (Lipinski definition) is 1. The van der Waals surface area contributed by atoms with Crippen molar-refractivity contribution in [3.05, 3.63) is 36.4 Å². The maximum absolute atomic E-state index is 4.67. The fourth-order valence-corrected chi connectivity index (χ4v) is 2.09. The Kier molecular flexibility index (Phi) is 3.07. The lowest BCUT2D eigenvalue weighted by molar-refractivity contribution is -0.00000327. The van der Waals surface area contributed by atoms with Gasteiger partial charge in [-0.15, -0.1) is 0 Å². The molecule has 0 fully saturated rings. The SMILES string of the molecule is CC(C)C1=Nc2cccc3cccc(c23)N1.[Cl-]. The first-order chi connectivity index (χ1) is 7.75. The van der Waals surface area contributed by atoms with Crippen LogP contribution in [-0.4, -0.2) is 5.84 Å². The second-order valence-corrected chi connectivity index (χ2v) is 4.46. The molecule has 0 atom stereocenters. The summed E-state index contributed by atoms with van der Waals surface area (Å²) in [6.07, 6.45) is 0. The fraction of sp³-hybridized carbons (Fsp3) is 0.214. The molecule has 3 heteroatoms. The van der Waals surface area contributed by atoms with Crippen LogP contribution in [0.1, 0.15) is 13.8 Å². The first kappa shape index (κ1) is 11.9. The van der Waals surface area contributed by atoms with Crippen molar-refractivity contribution in [2.75, 3.05) is 5.32 Å². The number of anilines is 1. The van der Waals surface area contributed by atoms with E-state index >= 15 is 0 Å². The molecule has 2 nitrogen and oxygen atoms in total. The Balaban J connectivity index is 0.00000108. The van der Waals surface area contributed by atoms with E-state index < -0.39 is 0 Å². The van der Waals surface area contributed by atoms with Gasteiger partial charge in [-0.3, -0.25) is 0 Å². The highest BCUT2D eigenvalue weighted by atomic mass is 35.5. The number of nitrogens with zero attached hydrogens (tertiary/aromatic N) is 1. The Bertz CT molecular complexity index is 583. The molecule has 88 valence electrons. The zero-order valence-corrected chi connectivity index (χ0v) is 10.6. The molecule has 0 aromatic heterocycles. The van der Waals surface area contributed by atoms with E-state index in [0.29, 0.717) is 5.92 Å². The van der Waals surface area contributed by atoms with Crippen molar-refractivity contribution >= 4 is 28.0 Å². The van der Waals surface area contributed by atoms with Crippen LogP contribution in [0.2, 0.25) is 0 Å². The van der Waals surface area contributed by atoms with Gasteiger partial charge < -0.3 is 17.7 Å². The summed E-state index contributed by atoms with van der Waals surface area (Å²) in [5, 5.41) is 5.89. The van der Waals surface area contributed by atoms with Crippen molar-refractivity contribution in [2.45, 2.75) is 13.8 Å². The smallest absolute Gasteiger partial charge is 0.109 e. The Labute approximate surface area is 107 Å². The van der Waals surface area contributed by atoms with Crippen molar-refractivity contribution in [1.29, 1.82) is 0 Å². The van der Waals surface area contributed by atoms with Crippen LogP contribution in [0, 0.1) is 5.92 Å². The summed E-state index contributed by atoms with van der Waals surface area (Å²) < 4.78 is 0. The summed E-state index contributed by atoms with van der Waals surface area (Å²) in [6.45, 7) is 4.31. The molecule has 17 heavy (non-hydrogen) atoms. The topological polar surface area (TPSA) is 24.4 Å². The molecule has 1 heterocycles. The summed E-state index contributed by atoms with van der Waals surface area (Å²) in [6, 6.07) is 12.6. The molecule has 0 aliphatic carbocycles. The highest BCUT2D eigenvalue weighted by Gasteiger charge is 2.15. The van der Waals surface area contributed by atoms with Gasteiger partial charge in [-0.05, 0) is 17.5 Å². The van der Waals surface area contributed by atoms with E-state index in [1.54, 1.807) is 0 Å². The standard InChI is InChI=1S/C14H14N2.ClH/c1-9(2)14-15-11-7-3-5-10-6-4-8-12(16-14)13(10)11;/h3-9H,1-2H3,(H,15,16);1H/p-1. The molecule has 1 N–H and O–H groups in total. The van der Waals surface area contributed by atoms with Crippen LogP contribution in [0.3, 0.4) is 0 Å². The first-order valence-corrected chi connectivity index (χ1v) is 5.63. The summed E-state index contributed by atoms with van der Waals surface area (Å²) in [5.41, 5.74) is 2.25. The molecule has 0 amide bonds. The van der Waals surface area contributed by atoms with E-state index in [1.165, 1.54) is 16.5 Å². The van der Waals surface area contributed by atoms with E-state index in [9.17, 15) is 0 Å². The van der Waals surface area contributed by atoms with Crippen molar-refractivity contribution in [3.63, 3.8) is 0 Å². The van der Waals surface area contributed by atoms with Gasteiger partial charge in [0.15, 0.2) is 0 Å². The minimum absolute atomic E-state index is 0. The van der Waals surface area contributed by atoms with Crippen molar-refractivity contribution < 1.29 is 12.4 Å². The van der Waals surface area contributed by atoms with Gasteiger partial charge in [0.05, 0.1) is 5.69 Å². The van der Waals surface area contributed by atoms with Gasteiger partial charge in [0.25, 0.3) is 0 Å². The number of nitrogens with one attached hydrogen (secondary N) is 1. The van der Waals surface area contributed by atoms with Crippen LogP contribution in [0.5, 0.6) is 0 Å². The number of benzene rings is 2. The third-order valence-electron chi connectivity index (χ3n) is 2.93. The third kappa shape index (κ3) is 1.89. The molecule has 0 spiro atoms. The Morgan fingerprint density at radius 2 is 1.76 bits per heavy atom. The average molecular weight is 246 g/mol. The molecule has 0 radical (unpaired) electrons. The summed E-state index contributed by atoms with van der Waals surface area (Å²) >= 11 is 0. The minimum Gasteiger partial charge on any atom is -1.00 e. The van der Waals surface area contributed by atoms with Crippen LogP contribution in [0.15, 0.2) is 41.4 Å². The Hall–Kier alpha value is -1.54. The zero-order valence-electron chi connectivity index (χ0n) is 9.87. The second-order valence-electron chi connectivity index (χ2n) is 4.46. The number of hydrogen-bond acceptors (Lipinski definition) is 2. The Morgan fingerprint density at radius 3 is 2.47 bits per heavy atom. The number of amidine groups is 1. The molecule has 2 aromatic carbocycles. The van der Waals surface area contributed by atoms with Crippen molar-refractivity contribution in [2.24, 2.45) is 10.9 Å². The number of rotatable bonds is 1. The fourth-order valence-electron chi connectivity index (χ4n) is 2.09. The normalized spacial score (nSPS) is 13.0. The molecule has 1 aliphatic heterocycles. The maximum atomic E-state index is 4.67. The van der Waals surface area contributed by atoms with Crippen molar-refractivity contribution in [3.8, 4) is 0 Å². The van der Waals surface area contributed by atoms with E-state index in [4.69, 9.17) is 0 Å². The third-order valence-corrected chi connectivity index (χ3v) is 2.93. The van der Waals surface area contributed by atoms with E-state index in [1.807, 2.05) is 0 Å². The Morgan fingerprint density at radius 1 is 1.06 bits per heavy atom. The van der Waals surface area contributed by atoms with Gasteiger partial charge in [-0.2, -0.15) is 0 Å². The summed E-state index contributed by atoms with van der Waals surface area (Å²) in [4.78, 5) is 4.67. The highest BCUT2D eigenvalue weighted by Crippen LogP contribution is 2.36. The maximum Gasteiger partial charge on any atom is 0.109 e. The molecule has 2 aromatic rings. The minimum atomic E-state index is 0. The van der Waals surface area contributed by atoms with Crippen LogP contribution < -0.4 is 17.7 Å². The average Bonchev–Trinajstić information content (AvgIpc) is 2.29. The summed E-state index contributed by atoms with van der Waals surface area (Å²) in [7, 11) is 0. The van der Waals surface area contributed by atoms with Gasteiger partial charge in [-0.1, -0.05) is 38.1 Å². The van der Waals surface area contributed by atoms with Gasteiger partial charge in [0.1, 0.15) is 5.84 Å². The molecular formula is C14H14ClN2-. The molecule has 3 rings (SSSR count). The molecule has 0 unspecified atom stereocenters. The van der Waals surface area contributed by atoms with Crippen molar-refractivity contribution in [1.82, 2.24) is 0 Å². The van der Waals surface area contributed by atoms with Crippen LogP contribution in [-0.2, 0) is 0 Å². The van der Waals surface area contributed by atoms with Gasteiger partial charge in [0, 0.05) is 17.0 Å².